The van der Waals surface area contributed by atoms with Gasteiger partial charge in [0.1, 0.15) is 11.6 Å². The lowest BCUT2D eigenvalue weighted by Gasteiger charge is -2.21. The van der Waals surface area contributed by atoms with Crippen molar-refractivity contribution in [3.63, 3.8) is 0 Å². The lowest BCUT2D eigenvalue weighted by molar-refractivity contribution is -0.139. The molecule has 0 unspecified atom stereocenters. The Kier molecular flexibility index (Phi) is 6.15. The monoisotopic (exact) mass is 260 g/mol. The van der Waals surface area contributed by atoms with Gasteiger partial charge < -0.3 is 20.9 Å². The number of rotatable bonds is 6. The number of aliphatic carboxylic acids is 1. The minimum Gasteiger partial charge on any atom is -0.480 e. The maximum atomic E-state index is 11.4. The summed E-state index contributed by atoms with van der Waals surface area (Å²) in [5.74, 6) is -1.68. The van der Waals surface area contributed by atoms with Gasteiger partial charge in [0, 0.05) is 6.42 Å². The molecular weight excluding hydrogens is 240 g/mol. The lowest BCUT2D eigenvalue weighted by atomic mass is 10.1. The number of carboxylic acid groups (broad SMARTS) is 1. The van der Waals surface area contributed by atoms with E-state index in [1.807, 2.05) is 0 Å². The number of hydrogen-bond donors (Lipinski definition) is 3. The number of carbonyl (C=O) groups is 3. The largest absolute Gasteiger partial charge is 0.480 e. The summed E-state index contributed by atoms with van der Waals surface area (Å²) in [6.07, 6.45) is -0.298. The van der Waals surface area contributed by atoms with Gasteiger partial charge in [0.25, 0.3) is 0 Å². The average molecular weight is 260 g/mol. The summed E-state index contributed by atoms with van der Waals surface area (Å²) in [7, 11) is 0. The third kappa shape index (κ3) is 8.37. The summed E-state index contributed by atoms with van der Waals surface area (Å²) in [6, 6.07) is -1.08. The van der Waals surface area contributed by atoms with Crippen LogP contribution in [0.15, 0.2) is 0 Å². The molecule has 7 nitrogen and oxygen atoms in total. The Bertz CT molecular complexity index is 322. The molecule has 18 heavy (non-hydrogen) atoms. The first-order chi connectivity index (χ1) is 8.11. The highest BCUT2D eigenvalue weighted by Crippen LogP contribution is 2.08. The third-order valence-electron chi connectivity index (χ3n) is 1.91. The smallest absolute Gasteiger partial charge is 0.408 e. The Labute approximate surface area is 106 Å². The molecule has 104 valence electrons. The molecular formula is C11H20N2O5. The van der Waals surface area contributed by atoms with Crippen molar-refractivity contribution >= 4 is 18.0 Å². The molecule has 0 aromatic rings. The second-order valence-electron chi connectivity index (χ2n) is 4.90. The number of nitrogens with two attached hydrogens (primary N) is 1. The standard InChI is InChI=1S/C11H20N2O5/c1-11(2,3)18-10(17)13-7(9(15)16)5-4-6-8(12)14/h7H,4-6H2,1-3H3,(H2,12,14)(H,13,17)(H,15,16)/t7-/m1/s1. The fraction of sp³-hybridized carbons (Fsp3) is 0.727. The zero-order chi connectivity index (χ0) is 14.3. The quantitative estimate of drug-likeness (QED) is 0.646. The molecule has 0 bridgehead atoms. The van der Waals surface area contributed by atoms with Crippen LogP contribution in [0.1, 0.15) is 40.0 Å². The Hall–Kier alpha value is -1.79. The molecule has 0 aliphatic carbocycles. The Morgan fingerprint density at radius 2 is 1.89 bits per heavy atom. The Morgan fingerprint density at radius 1 is 1.33 bits per heavy atom. The van der Waals surface area contributed by atoms with E-state index in [-0.39, 0.29) is 12.8 Å². The van der Waals surface area contributed by atoms with Gasteiger partial charge in [-0.2, -0.15) is 0 Å². The number of carbonyl (C=O) groups excluding carboxylic acids is 2. The van der Waals surface area contributed by atoms with Gasteiger partial charge in [-0.1, -0.05) is 0 Å². The van der Waals surface area contributed by atoms with E-state index in [1.165, 1.54) is 0 Å². The van der Waals surface area contributed by atoms with Gasteiger partial charge >= 0.3 is 12.1 Å². The van der Waals surface area contributed by atoms with E-state index in [4.69, 9.17) is 15.6 Å². The molecule has 0 fully saturated rings. The molecule has 4 N–H and O–H groups in total. The maximum absolute atomic E-state index is 11.4. The zero-order valence-corrected chi connectivity index (χ0v) is 10.9. The molecule has 0 aliphatic rings. The number of hydrogen-bond acceptors (Lipinski definition) is 4. The van der Waals surface area contributed by atoms with Crippen LogP contribution in [0.4, 0.5) is 4.79 Å². The third-order valence-corrected chi connectivity index (χ3v) is 1.91. The van der Waals surface area contributed by atoms with E-state index in [1.54, 1.807) is 20.8 Å². The van der Waals surface area contributed by atoms with Crippen LogP contribution in [-0.2, 0) is 14.3 Å². The number of nitrogens with one attached hydrogen (secondary N) is 1. The molecule has 2 amide bonds. The second-order valence-corrected chi connectivity index (χ2v) is 4.90. The van der Waals surface area contributed by atoms with E-state index < -0.39 is 29.6 Å². The van der Waals surface area contributed by atoms with Gasteiger partial charge in [0.05, 0.1) is 0 Å². The summed E-state index contributed by atoms with van der Waals surface area (Å²) >= 11 is 0. The number of amides is 2. The first-order valence-corrected chi connectivity index (χ1v) is 5.62. The molecule has 0 aromatic heterocycles. The minimum atomic E-state index is -1.18. The molecule has 7 heteroatoms. The first-order valence-electron chi connectivity index (χ1n) is 5.62. The van der Waals surface area contributed by atoms with Gasteiger partial charge in [-0.3, -0.25) is 4.79 Å². The SMILES string of the molecule is CC(C)(C)OC(=O)N[C@H](CCCC(N)=O)C(=O)O. The van der Waals surface area contributed by atoms with Crippen molar-refractivity contribution in [3.8, 4) is 0 Å². The average Bonchev–Trinajstić information content (AvgIpc) is 2.12. The van der Waals surface area contributed by atoms with Crippen LogP contribution < -0.4 is 11.1 Å². The van der Waals surface area contributed by atoms with E-state index in [2.05, 4.69) is 5.32 Å². The number of ether oxygens (including phenoxy) is 1. The van der Waals surface area contributed by atoms with Crippen molar-refractivity contribution in [3.05, 3.63) is 0 Å². The number of primary amides is 1. The van der Waals surface area contributed by atoms with Crippen LogP contribution in [0.2, 0.25) is 0 Å². The summed E-state index contributed by atoms with van der Waals surface area (Å²) in [5, 5.41) is 11.1. The van der Waals surface area contributed by atoms with E-state index >= 15 is 0 Å². The van der Waals surface area contributed by atoms with E-state index in [0.717, 1.165) is 0 Å². The molecule has 0 spiro atoms. The highest BCUT2D eigenvalue weighted by Gasteiger charge is 2.23. The molecule has 1 atom stereocenters. The predicted octanol–water partition coefficient (Wildman–Crippen LogP) is 0.620. The fourth-order valence-electron chi connectivity index (χ4n) is 1.19. The van der Waals surface area contributed by atoms with Crippen LogP contribution in [0.3, 0.4) is 0 Å². The molecule has 0 aromatic carbocycles. The van der Waals surface area contributed by atoms with Crippen LogP contribution in [0, 0.1) is 0 Å². The van der Waals surface area contributed by atoms with Crippen molar-refractivity contribution in [2.45, 2.75) is 51.7 Å². The number of carboxylic acids is 1. The Morgan fingerprint density at radius 3 is 2.28 bits per heavy atom. The molecule has 0 heterocycles. The van der Waals surface area contributed by atoms with Crippen LogP contribution in [0.5, 0.6) is 0 Å². The zero-order valence-electron chi connectivity index (χ0n) is 10.9. The van der Waals surface area contributed by atoms with Crippen molar-refractivity contribution in [2.75, 3.05) is 0 Å². The van der Waals surface area contributed by atoms with Gasteiger partial charge in [-0.15, -0.1) is 0 Å². The van der Waals surface area contributed by atoms with Crippen molar-refractivity contribution < 1.29 is 24.2 Å². The normalized spacial score (nSPS) is 12.6. The molecule has 0 radical (unpaired) electrons. The van der Waals surface area contributed by atoms with E-state index in [0.29, 0.717) is 6.42 Å². The topological polar surface area (TPSA) is 119 Å². The molecule has 0 saturated heterocycles. The first kappa shape index (κ1) is 16.2. The summed E-state index contributed by atoms with van der Waals surface area (Å²) < 4.78 is 4.94. The minimum absolute atomic E-state index is 0.0831. The van der Waals surface area contributed by atoms with Crippen molar-refractivity contribution in [2.24, 2.45) is 5.73 Å². The van der Waals surface area contributed by atoms with Crippen molar-refractivity contribution in [1.82, 2.24) is 5.32 Å². The lowest BCUT2D eigenvalue weighted by Crippen LogP contribution is -2.43. The highest BCUT2D eigenvalue weighted by molar-refractivity contribution is 5.80. The summed E-state index contributed by atoms with van der Waals surface area (Å²) in [6.45, 7) is 5.03. The van der Waals surface area contributed by atoms with Crippen LogP contribution in [-0.4, -0.2) is 34.7 Å². The van der Waals surface area contributed by atoms with Gasteiger partial charge in [0.2, 0.25) is 5.91 Å². The second kappa shape index (κ2) is 6.83. The molecule has 0 aliphatic heterocycles. The number of alkyl carbamates (subject to hydrolysis) is 1. The van der Waals surface area contributed by atoms with Crippen molar-refractivity contribution in [1.29, 1.82) is 0 Å². The van der Waals surface area contributed by atoms with E-state index in [9.17, 15) is 14.4 Å². The Balaban J connectivity index is 4.23. The molecule has 0 saturated carbocycles. The van der Waals surface area contributed by atoms with Crippen LogP contribution >= 0.6 is 0 Å². The molecule has 0 rings (SSSR count). The maximum Gasteiger partial charge on any atom is 0.408 e. The van der Waals surface area contributed by atoms with Gasteiger partial charge in [-0.25, -0.2) is 9.59 Å². The summed E-state index contributed by atoms with van der Waals surface area (Å²) in [5.41, 5.74) is 4.25. The predicted molar refractivity (Wildman–Crippen MR) is 63.8 cm³/mol. The summed E-state index contributed by atoms with van der Waals surface area (Å²) in [4.78, 5) is 32.8. The highest BCUT2D eigenvalue weighted by atomic mass is 16.6. The fourth-order valence-corrected chi connectivity index (χ4v) is 1.19. The van der Waals surface area contributed by atoms with Gasteiger partial charge in [0.15, 0.2) is 0 Å². The van der Waals surface area contributed by atoms with Crippen LogP contribution in [0.25, 0.3) is 0 Å². The van der Waals surface area contributed by atoms with Gasteiger partial charge in [-0.05, 0) is 33.6 Å².